The highest BCUT2D eigenvalue weighted by Crippen LogP contribution is 2.42. The lowest BCUT2D eigenvalue weighted by Gasteiger charge is -2.33. The van der Waals surface area contributed by atoms with Crippen LogP contribution in [0, 0.1) is 18.2 Å². The van der Waals surface area contributed by atoms with Gasteiger partial charge in [0.25, 0.3) is 0 Å². The minimum absolute atomic E-state index is 0.000585. The molecule has 13 heteroatoms. The van der Waals surface area contributed by atoms with Crippen LogP contribution in [0.3, 0.4) is 0 Å². The van der Waals surface area contributed by atoms with Crippen LogP contribution in [0.25, 0.3) is 10.8 Å². The van der Waals surface area contributed by atoms with Crippen LogP contribution in [0.1, 0.15) is 43.9 Å². The van der Waals surface area contributed by atoms with Gasteiger partial charge in [-0.2, -0.15) is 9.97 Å². The van der Waals surface area contributed by atoms with E-state index >= 15 is 0 Å². The van der Waals surface area contributed by atoms with Crippen LogP contribution in [-0.4, -0.2) is 83.0 Å². The zero-order valence-electron chi connectivity index (χ0n) is 26.3. The predicted octanol–water partition coefficient (Wildman–Crippen LogP) is 4.45. The third kappa shape index (κ3) is 6.25. The number of nitrogens with zero attached hydrogens (tertiary/aromatic N) is 5. The standard InChI is InChI=1S/C34H36F2N6O5/c1-5-24-25(36)11-10-20-13-23(43)14-27(29(20)24)42-18-26-30(47-33(42)45)31(41-12-8-7-9-22(17-41)37-28(44)6-2)39-32(38-26)46-19-34(3)15-21(35)16-40(34)4/h1,6,10-11,13-14,21-22,43H,2,7-9,12,15-19H2,3-4H3,(H,37,44)/t21-,22?,34+/m1/s1. The molecule has 2 aromatic carbocycles. The molecule has 246 valence electrons. The Kier molecular flexibility index (Phi) is 8.63. The molecule has 6 rings (SSSR count). The maximum atomic E-state index is 14.8. The highest BCUT2D eigenvalue weighted by molar-refractivity contribution is 6.06. The number of phenols is 1. The number of aromatic hydroxyl groups is 1. The number of hydrogen-bond donors (Lipinski definition) is 2. The van der Waals surface area contributed by atoms with Crippen molar-refractivity contribution in [2.75, 3.05) is 43.1 Å². The van der Waals surface area contributed by atoms with E-state index in [1.54, 1.807) is 0 Å². The molecule has 0 spiro atoms. The van der Waals surface area contributed by atoms with Crippen molar-refractivity contribution >= 4 is 34.3 Å². The van der Waals surface area contributed by atoms with E-state index < -0.39 is 23.6 Å². The number of terminal acetylenes is 1. The number of likely N-dealkylation sites (N-methyl/N-ethyl adjacent to an activating group) is 1. The van der Waals surface area contributed by atoms with Crippen LogP contribution < -0.4 is 24.6 Å². The zero-order chi connectivity index (χ0) is 33.5. The van der Waals surface area contributed by atoms with Crippen molar-refractivity contribution in [2.24, 2.45) is 0 Å². The number of fused-ring (bicyclic) bond motifs is 2. The molecule has 2 fully saturated rings. The highest BCUT2D eigenvalue weighted by Gasteiger charge is 2.41. The first-order valence-electron chi connectivity index (χ1n) is 15.5. The number of ether oxygens (including phenoxy) is 2. The second kappa shape index (κ2) is 12.7. The first kappa shape index (κ1) is 32.0. The molecular weight excluding hydrogens is 610 g/mol. The summed E-state index contributed by atoms with van der Waals surface area (Å²) >= 11 is 0. The van der Waals surface area contributed by atoms with Crippen molar-refractivity contribution in [3.63, 3.8) is 0 Å². The number of rotatable bonds is 7. The SMILES string of the molecule is C#Cc1c(F)ccc2cc(O)cc(N3Cc4nc(OC[C@]5(C)C[C@@H](F)CN5C)nc(N5CCCCC(NC(=O)C=C)C5)c4OC3=O)c12. The number of alkyl halides is 1. The van der Waals surface area contributed by atoms with Crippen LogP contribution in [-0.2, 0) is 11.3 Å². The van der Waals surface area contributed by atoms with Crippen LogP contribution in [0.15, 0.2) is 36.9 Å². The second-order valence-corrected chi connectivity index (χ2v) is 12.5. The number of amides is 2. The van der Waals surface area contributed by atoms with E-state index in [2.05, 4.69) is 22.8 Å². The van der Waals surface area contributed by atoms with Gasteiger partial charge in [-0.05, 0) is 56.8 Å². The minimum Gasteiger partial charge on any atom is -0.508 e. The Bertz CT molecular complexity index is 1800. The van der Waals surface area contributed by atoms with Gasteiger partial charge in [0.15, 0.2) is 11.6 Å². The fourth-order valence-corrected chi connectivity index (χ4v) is 6.57. The van der Waals surface area contributed by atoms with E-state index in [1.807, 2.05) is 23.8 Å². The molecule has 0 bridgehead atoms. The highest BCUT2D eigenvalue weighted by atomic mass is 19.1. The Morgan fingerprint density at radius 2 is 2.13 bits per heavy atom. The van der Waals surface area contributed by atoms with Crippen molar-refractivity contribution in [1.82, 2.24) is 20.2 Å². The average Bonchev–Trinajstić information content (AvgIpc) is 3.16. The number of nitrogens with one attached hydrogen (secondary N) is 1. The third-order valence-corrected chi connectivity index (χ3v) is 9.15. The van der Waals surface area contributed by atoms with Gasteiger partial charge < -0.3 is 24.8 Å². The number of carbonyl (C=O) groups excluding carboxylic acids is 2. The van der Waals surface area contributed by atoms with E-state index in [0.717, 1.165) is 19.3 Å². The van der Waals surface area contributed by atoms with Gasteiger partial charge in [0.2, 0.25) is 5.91 Å². The Morgan fingerprint density at radius 3 is 2.85 bits per heavy atom. The molecule has 3 aliphatic heterocycles. The van der Waals surface area contributed by atoms with Crippen molar-refractivity contribution in [3.05, 3.63) is 54.0 Å². The van der Waals surface area contributed by atoms with E-state index in [1.165, 1.54) is 35.2 Å². The topological polar surface area (TPSA) is 120 Å². The van der Waals surface area contributed by atoms with Gasteiger partial charge in [-0.25, -0.2) is 13.6 Å². The summed E-state index contributed by atoms with van der Waals surface area (Å²) < 4.78 is 41.2. The number of benzene rings is 2. The number of hydrogen-bond acceptors (Lipinski definition) is 9. The van der Waals surface area contributed by atoms with Gasteiger partial charge >= 0.3 is 12.1 Å². The molecule has 0 radical (unpaired) electrons. The molecule has 4 heterocycles. The summed E-state index contributed by atoms with van der Waals surface area (Å²) in [4.78, 5) is 40.2. The molecule has 3 aliphatic rings. The maximum absolute atomic E-state index is 14.8. The summed E-state index contributed by atoms with van der Waals surface area (Å²) in [6.07, 6.45) is 7.73. The molecule has 11 nitrogen and oxygen atoms in total. The van der Waals surface area contributed by atoms with Gasteiger partial charge in [-0.3, -0.25) is 14.6 Å². The summed E-state index contributed by atoms with van der Waals surface area (Å²) in [7, 11) is 1.83. The number of halogens is 2. The Morgan fingerprint density at radius 1 is 1.32 bits per heavy atom. The Labute approximate surface area is 271 Å². The lowest BCUT2D eigenvalue weighted by molar-refractivity contribution is -0.117. The van der Waals surface area contributed by atoms with Crippen molar-refractivity contribution in [1.29, 1.82) is 0 Å². The summed E-state index contributed by atoms with van der Waals surface area (Å²) in [5.74, 6) is 1.67. The molecule has 47 heavy (non-hydrogen) atoms. The summed E-state index contributed by atoms with van der Waals surface area (Å²) in [5.41, 5.74) is -0.234. The Balaban J connectivity index is 1.42. The van der Waals surface area contributed by atoms with Crippen molar-refractivity contribution in [3.8, 4) is 29.9 Å². The molecule has 0 saturated carbocycles. The van der Waals surface area contributed by atoms with E-state index in [-0.39, 0.29) is 72.2 Å². The molecule has 1 unspecified atom stereocenters. The number of likely N-dealkylation sites (tertiary alicyclic amines) is 1. The molecule has 0 aliphatic carbocycles. The van der Waals surface area contributed by atoms with E-state index in [9.17, 15) is 23.5 Å². The minimum atomic E-state index is -0.990. The molecule has 2 N–H and O–H groups in total. The van der Waals surface area contributed by atoms with Gasteiger partial charge in [-0.1, -0.05) is 18.6 Å². The van der Waals surface area contributed by atoms with Gasteiger partial charge in [-0.15, -0.1) is 6.42 Å². The molecule has 2 amide bonds. The normalized spacial score (nSPS) is 23.1. The summed E-state index contributed by atoms with van der Waals surface area (Å²) in [6, 6.07) is 5.19. The van der Waals surface area contributed by atoms with Gasteiger partial charge in [0, 0.05) is 43.5 Å². The van der Waals surface area contributed by atoms with Crippen molar-refractivity contribution in [2.45, 2.75) is 56.9 Å². The average molecular weight is 647 g/mol. The number of anilines is 2. The first-order valence-corrected chi connectivity index (χ1v) is 15.5. The molecular formula is C34H36F2N6O5. The number of phenolic OH excluding ortho intramolecular Hbond substituents is 1. The summed E-state index contributed by atoms with van der Waals surface area (Å²) in [5, 5.41) is 14.2. The molecule has 2 saturated heterocycles. The van der Waals surface area contributed by atoms with Crippen molar-refractivity contribution < 1.29 is 33.0 Å². The van der Waals surface area contributed by atoms with Crippen LogP contribution >= 0.6 is 0 Å². The van der Waals surface area contributed by atoms with Crippen LogP contribution in [0.5, 0.6) is 17.5 Å². The lowest BCUT2D eigenvalue weighted by atomic mass is 10.0. The van der Waals surface area contributed by atoms with E-state index in [4.69, 9.17) is 20.9 Å². The molecule has 3 aromatic rings. The van der Waals surface area contributed by atoms with Gasteiger partial charge in [0.1, 0.15) is 30.0 Å². The third-order valence-electron chi connectivity index (χ3n) is 9.15. The van der Waals surface area contributed by atoms with Crippen LogP contribution in [0.2, 0.25) is 0 Å². The first-order chi connectivity index (χ1) is 22.5. The van der Waals surface area contributed by atoms with Crippen LogP contribution in [0.4, 0.5) is 25.1 Å². The number of aromatic nitrogens is 2. The largest absolute Gasteiger partial charge is 0.508 e. The molecule has 1 aromatic heterocycles. The maximum Gasteiger partial charge on any atom is 0.420 e. The smallest absolute Gasteiger partial charge is 0.420 e. The Hall–Kier alpha value is -4.96. The zero-order valence-corrected chi connectivity index (χ0v) is 26.3. The monoisotopic (exact) mass is 646 g/mol. The fraction of sp³-hybridized carbons (Fsp3) is 0.412. The van der Waals surface area contributed by atoms with Gasteiger partial charge in [0.05, 0.1) is 23.3 Å². The number of carbonyl (C=O) groups is 2. The van der Waals surface area contributed by atoms with E-state index in [0.29, 0.717) is 30.0 Å². The quantitative estimate of drug-likeness (QED) is 0.284. The fourth-order valence-electron chi connectivity index (χ4n) is 6.57. The predicted molar refractivity (Wildman–Crippen MR) is 172 cm³/mol. The lowest BCUT2D eigenvalue weighted by Crippen LogP contribution is -2.44. The summed E-state index contributed by atoms with van der Waals surface area (Å²) in [6.45, 7) is 6.62. The second-order valence-electron chi connectivity index (χ2n) is 12.5. The molecule has 3 atom stereocenters.